The van der Waals surface area contributed by atoms with Gasteiger partial charge in [0.15, 0.2) is 11.5 Å². The van der Waals surface area contributed by atoms with Gasteiger partial charge in [-0.1, -0.05) is 31.9 Å². The van der Waals surface area contributed by atoms with Gasteiger partial charge in [0.05, 0.1) is 25.3 Å². The summed E-state index contributed by atoms with van der Waals surface area (Å²) in [5, 5.41) is 11.4. The molecule has 1 atom stereocenters. The molecule has 5 rings (SSSR count). The smallest absolute Gasteiger partial charge is 0.300 e. The van der Waals surface area contributed by atoms with Crippen molar-refractivity contribution >= 4 is 23.1 Å². The van der Waals surface area contributed by atoms with Gasteiger partial charge in [0.1, 0.15) is 30.5 Å². The molecule has 1 saturated heterocycles. The maximum Gasteiger partial charge on any atom is 0.300 e. The first-order chi connectivity index (χ1) is 19.0. The first-order valence-electron chi connectivity index (χ1n) is 13.1. The van der Waals surface area contributed by atoms with Crippen molar-refractivity contribution in [1.82, 2.24) is 0 Å². The number of rotatable bonds is 9. The molecule has 0 spiro atoms. The number of ether oxygens (including phenoxy) is 4. The number of fused-ring (bicyclic) bond motifs is 1. The van der Waals surface area contributed by atoms with Crippen molar-refractivity contribution in [1.29, 1.82) is 0 Å². The molecule has 1 N–H and O–H groups in total. The van der Waals surface area contributed by atoms with Gasteiger partial charge >= 0.3 is 0 Å². The molecule has 39 heavy (non-hydrogen) atoms. The summed E-state index contributed by atoms with van der Waals surface area (Å²) >= 11 is 0. The van der Waals surface area contributed by atoms with Crippen molar-refractivity contribution < 1.29 is 33.6 Å². The fourth-order valence-electron chi connectivity index (χ4n) is 4.79. The Morgan fingerprint density at radius 2 is 1.62 bits per heavy atom. The van der Waals surface area contributed by atoms with E-state index < -0.39 is 17.7 Å². The third-order valence-corrected chi connectivity index (χ3v) is 6.82. The number of benzene rings is 3. The summed E-state index contributed by atoms with van der Waals surface area (Å²) in [4.78, 5) is 28.3. The summed E-state index contributed by atoms with van der Waals surface area (Å²) in [6, 6.07) is 18.2. The number of nitrogens with zero attached hydrogens (tertiary/aromatic N) is 1. The van der Waals surface area contributed by atoms with Gasteiger partial charge < -0.3 is 24.1 Å². The van der Waals surface area contributed by atoms with Crippen LogP contribution in [0.3, 0.4) is 0 Å². The van der Waals surface area contributed by atoms with Crippen LogP contribution in [0.5, 0.6) is 23.0 Å². The third-order valence-electron chi connectivity index (χ3n) is 6.82. The van der Waals surface area contributed by atoms with E-state index in [-0.39, 0.29) is 11.3 Å². The molecule has 1 unspecified atom stereocenters. The second-order valence-electron chi connectivity index (χ2n) is 9.35. The van der Waals surface area contributed by atoms with Crippen molar-refractivity contribution in [2.45, 2.75) is 32.2 Å². The molecular weight excluding hydrogens is 498 g/mol. The number of methoxy groups -OCH3 is 1. The lowest BCUT2D eigenvalue weighted by atomic mass is 9.95. The van der Waals surface area contributed by atoms with E-state index in [1.165, 1.54) is 4.90 Å². The Labute approximate surface area is 227 Å². The van der Waals surface area contributed by atoms with Gasteiger partial charge in [-0.15, -0.1) is 0 Å². The van der Waals surface area contributed by atoms with Crippen molar-refractivity contribution in [2.75, 3.05) is 31.8 Å². The van der Waals surface area contributed by atoms with Crippen LogP contribution < -0.4 is 23.8 Å². The number of unbranched alkanes of at least 4 members (excludes halogenated alkanes) is 2. The number of ketones is 1. The summed E-state index contributed by atoms with van der Waals surface area (Å²) in [5.74, 6) is 0.582. The molecule has 202 valence electrons. The molecule has 0 radical (unpaired) electrons. The maximum absolute atomic E-state index is 13.5. The number of anilines is 1. The van der Waals surface area contributed by atoms with Crippen molar-refractivity contribution in [2.24, 2.45) is 0 Å². The van der Waals surface area contributed by atoms with Crippen LogP contribution in [0.4, 0.5) is 5.69 Å². The molecule has 1 amide bonds. The van der Waals surface area contributed by atoms with Crippen LogP contribution in [-0.2, 0) is 9.59 Å². The maximum atomic E-state index is 13.5. The largest absolute Gasteiger partial charge is 0.507 e. The summed E-state index contributed by atoms with van der Waals surface area (Å²) < 4.78 is 22.4. The number of carbonyl (C=O) groups excluding carboxylic acids is 2. The van der Waals surface area contributed by atoms with Crippen LogP contribution in [0, 0.1) is 0 Å². The monoisotopic (exact) mass is 529 g/mol. The summed E-state index contributed by atoms with van der Waals surface area (Å²) in [6.07, 6.45) is 3.16. The zero-order valence-electron chi connectivity index (χ0n) is 22.0. The molecule has 0 aliphatic carbocycles. The Bertz CT molecular complexity index is 1380. The van der Waals surface area contributed by atoms with Gasteiger partial charge in [0.25, 0.3) is 11.7 Å². The van der Waals surface area contributed by atoms with Crippen LogP contribution in [0.1, 0.15) is 43.4 Å². The second kappa shape index (κ2) is 11.5. The Morgan fingerprint density at radius 3 is 2.31 bits per heavy atom. The number of hydrogen-bond acceptors (Lipinski definition) is 7. The molecule has 0 aromatic heterocycles. The number of hydrogen-bond donors (Lipinski definition) is 1. The van der Waals surface area contributed by atoms with E-state index in [1.54, 1.807) is 73.8 Å². The fraction of sp³-hybridized carbons (Fsp3) is 0.290. The molecule has 3 aromatic rings. The third kappa shape index (κ3) is 5.27. The highest BCUT2D eigenvalue weighted by Gasteiger charge is 2.47. The van der Waals surface area contributed by atoms with Crippen LogP contribution >= 0.6 is 0 Å². The summed E-state index contributed by atoms with van der Waals surface area (Å²) in [7, 11) is 1.56. The number of Topliss-reactive ketones (excluding diaryl/α,β-unsaturated/α-hetero) is 1. The molecule has 0 saturated carbocycles. The standard InChI is InChI=1S/C31H31NO7/c1-3-4-5-16-37-24-13-8-21(9-14-24)29(33)27-28(20-6-11-23(36-2)12-7-20)32(31(35)30(27)34)22-10-15-25-26(19-22)39-18-17-38-25/h6-15,19,28,33H,3-5,16-18H2,1-2H3/b29-27+. The highest BCUT2D eigenvalue weighted by Crippen LogP contribution is 2.44. The highest BCUT2D eigenvalue weighted by atomic mass is 16.6. The SMILES string of the molecule is CCCCCOc1ccc(/C(O)=C2\C(=O)C(=O)N(c3ccc4c(c3)OCCO4)C2c2ccc(OC)cc2)cc1. The second-order valence-corrected chi connectivity index (χ2v) is 9.35. The molecule has 3 aromatic carbocycles. The van der Waals surface area contributed by atoms with Crippen molar-refractivity contribution in [3.8, 4) is 23.0 Å². The van der Waals surface area contributed by atoms with Crippen LogP contribution in [-0.4, -0.2) is 43.7 Å². The number of carbonyl (C=O) groups is 2. The van der Waals surface area contributed by atoms with E-state index in [9.17, 15) is 14.7 Å². The summed E-state index contributed by atoms with van der Waals surface area (Å²) in [6.45, 7) is 3.56. The van der Waals surface area contributed by atoms with Crippen LogP contribution in [0.25, 0.3) is 5.76 Å². The fourth-order valence-corrected chi connectivity index (χ4v) is 4.79. The predicted molar refractivity (Wildman–Crippen MR) is 147 cm³/mol. The number of aliphatic hydroxyl groups excluding tert-OH is 1. The minimum absolute atomic E-state index is 0.00308. The highest BCUT2D eigenvalue weighted by molar-refractivity contribution is 6.51. The number of aliphatic hydroxyl groups is 1. The van der Waals surface area contributed by atoms with Crippen LogP contribution in [0.15, 0.2) is 72.3 Å². The van der Waals surface area contributed by atoms with E-state index in [4.69, 9.17) is 18.9 Å². The van der Waals surface area contributed by atoms with Crippen molar-refractivity contribution in [3.63, 3.8) is 0 Å². The van der Waals surface area contributed by atoms with Gasteiger partial charge in [0, 0.05) is 17.3 Å². The molecule has 8 heteroatoms. The molecule has 8 nitrogen and oxygen atoms in total. The minimum Gasteiger partial charge on any atom is -0.507 e. The zero-order chi connectivity index (χ0) is 27.4. The lowest BCUT2D eigenvalue weighted by Gasteiger charge is -2.27. The first kappa shape index (κ1) is 26.2. The molecular formula is C31H31NO7. The zero-order valence-corrected chi connectivity index (χ0v) is 22.0. The predicted octanol–water partition coefficient (Wildman–Crippen LogP) is 5.66. The topological polar surface area (TPSA) is 94.5 Å². The lowest BCUT2D eigenvalue weighted by Crippen LogP contribution is -2.29. The first-order valence-corrected chi connectivity index (χ1v) is 13.1. The Balaban J connectivity index is 1.55. The van der Waals surface area contributed by atoms with E-state index in [1.807, 2.05) is 0 Å². The van der Waals surface area contributed by atoms with Crippen LogP contribution in [0.2, 0.25) is 0 Å². The van der Waals surface area contributed by atoms with Gasteiger partial charge in [-0.3, -0.25) is 14.5 Å². The molecule has 0 bridgehead atoms. The Morgan fingerprint density at radius 1 is 0.923 bits per heavy atom. The van der Waals surface area contributed by atoms with Gasteiger partial charge in [-0.05, 0) is 60.5 Å². The molecule has 2 aliphatic heterocycles. The summed E-state index contributed by atoms with van der Waals surface area (Å²) in [5.41, 5.74) is 1.51. The Hall–Kier alpha value is -4.46. The molecule has 1 fully saturated rings. The van der Waals surface area contributed by atoms with E-state index in [0.29, 0.717) is 59.6 Å². The molecule has 2 aliphatic rings. The quantitative estimate of drug-likeness (QED) is 0.165. The lowest BCUT2D eigenvalue weighted by molar-refractivity contribution is -0.132. The average molecular weight is 530 g/mol. The van der Waals surface area contributed by atoms with Gasteiger partial charge in [-0.25, -0.2) is 0 Å². The number of amides is 1. The average Bonchev–Trinajstić information content (AvgIpc) is 3.25. The van der Waals surface area contributed by atoms with E-state index in [0.717, 1.165) is 19.3 Å². The normalized spacial score (nSPS) is 17.8. The minimum atomic E-state index is -0.872. The van der Waals surface area contributed by atoms with Crippen molar-refractivity contribution in [3.05, 3.63) is 83.4 Å². The van der Waals surface area contributed by atoms with E-state index in [2.05, 4.69) is 6.92 Å². The van der Waals surface area contributed by atoms with Gasteiger partial charge in [-0.2, -0.15) is 0 Å². The van der Waals surface area contributed by atoms with E-state index >= 15 is 0 Å². The Kier molecular flexibility index (Phi) is 7.72. The van der Waals surface area contributed by atoms with Gasteiger partial charge in [0.2, 0.25) is 0 Å². The molecule has 2 heterocycles.